The fourth-order valence-corrected chi connectivity index (χ4v) is 3.05. The summed E-state index contributed by atoms with van der Waals surface area (Å²) >= 11 is 0. The number of hydrogen-bond acceptors (Lipinski definition) is 3. The summed E-state index contributed by atoms with van der Waals surface area (Å²) in [5.41, 5.74) is 0.884. The number of amides is 2. The molecule has 1 heterocycles. The van der Waals surface area contributed by atoms with Crippen LogP contribution in [0.25, 0.3) is 0 Å². The average Bonchev–Trinajstić information content (AvgIpc) is 3.02. The normalized spacial score (nSPS) is 19.4. The zero-order valence-corrected chi connectivity index (χ0v) is 15.8. The minimum atomic E-state index is -0.421. The minimum absolute atomic E-state index is 0.00780. The molecule has 5 heteroatoms. The van der Waals surface area contributed by atoms with E-state index in [4.69, 9.17) is 0 Å². The lowest BCUT2D eigenvalue weighted by Crippen LogP contribution is -2.40. The highest BCUT2D eigenvalue weighted by Crippen LogP contribution is 2.24. The molecule has 2 amide bonds. The maximum Gasteiger partial charge on any atom is 0.225 e. The number of likely N-dealkylation sites (tertiary alicyclic amines) is 1. The minimum Gasteiger partial charge on any atom is -0.355 e. The zero-order chi connectivity index (χ0) is 18.4. The van der Waals surface area contributed by atoms with Crippen LogP contribution in [-0.4, -0.2) is 42.4 Å². The van der Waals surface area contributed by atoms with Gasteiger partial charge in [0.1, 0.15) is 0 Å². The molecule has 0 saturated carbocycles. The summed E-state index contributed by atoms with van der Waals surface area (Å²) in [6.07, 6.45) is 1.30. The Morgan fingerprint density at radius 2 is 1.92 bits per heavy atom. The zero-order valence-electron chi connectivity index (χ0n) is 15.8. The van der Waals surface area contributed by atoms with Crippen molar-refractivity contribution >= 4 is 11.8 Å². The Labute approximate surface area is 151 Å². The van der Waals surface area contributed by atoms with E-state index in [1.54, 1.807) is 0 Å². The monoisotopic (exact) mass is 345 g/mol. The van der Waals surface area contributed by atoms with E-state index >= 15 is 0 Å². The van der Waals surface area contributed by atoms with Crippen molar-refractivity contribution in [3.63, 3.8) is 0 Å². The lowest BCUT2D eigenvalue weighted by molar-refractivity contribution is -0.128. The topological polar surface area (TPSA) is 61.4 Å². The molecule has 1 aromatic carbocycles. The van der Waals surface area contributed by atoms with Gasteiger partial charge in [-0.1, -0.05) is 51.1 Å². The summed E-state index contributed by atoms with van der Waals surface area (Å²) in [6.45, 7) is 10.1. The van der Waals surface area contributed by atoms with Gasteiger partial charge in [0, 0.05) is 43.6 Å². The standard InChI is InChI=1S/C20H31N3O2/c1-15(16-8-6-5-7-9-16)23-13-11-17(14-23)22-18(24)10-12-21-19(25)20(2,3)4/h5-9,15,17H,10-14H2,1-4H3,(H,21,25)(H,22,24)/t15-,17-/m0/s1. The maximum atomic E-state index is 12.1. The quantitative estimate of drug-likeness (QED) is 0.833. The molecule has 1 aromatic rings. The van der Waals surface area contributed by atoms with Gasteiger partial charge in [-0.25, -0.2) is 0 Å². The first-order valence-corrected chi connectivity index (χ1v) is 9.14. The molecule has 0 aliphatic carbocycles. The van der Waals surface area contributed by atoms with Crippen molar-refractivity contribution in [2.75, 3.05) is 19.6 Å². The first-order chi connectivity index (χ1) is 11.8. The molecule has 1 aliphatic heterocycles. The molecule has 138 valence electrons. The molecule has 0 spiro atoms. The van der Waals surface area contributed by atoms with Gasteiger partial charge in [0.25, 0.3) is 0 Å². The number of carbonyl (C=O) groups excluding carboxylic acids is 2. The van der Waals surface area contributed by atoms with Crippen LogP contribution in [0.4, 0.5) is 0 Å². The van der Waals surface area contributed by atoms with Crippen LogP contribution in [0.1, 0.15) is 52.1 Å². The molecule has 2 rings (SSSR count). The van der Waals surface area contributed by atoms with E-state index in [-0.39, 0.29) is 17.9 Å². The second-order valence-corrected chi connectivity index (χ2v) is 7.89. The first kappa shape index (κ1) is 19.4. The van der Waals surface area contributed by atoms with Crippen LogP contribution in [-0.2, 0) is 9.59 Å². The van der Waals surface area contributed by atoms with Crippen LogP contribution in [0.15, 0.2) is 30.3 Å². The third-order valence-corrected chi connectivity index (χ3v) is 4.73. The van der Waals surface area contributed by atoms with E-state index in [0.717, 1.165) is 19.5 Å². The third kappa shape index (κ3) is 5.85. The molecular formula is C20H31N3O2. The van der Waals surface area contributed by atoms with E-state index in [0.29, 0.717) is 19.0 Å². The van der Waals surface area contributed by atoms with E-state index in [1.807, 2.05) is 26.8 Å². The predicted molar refractivity (Wildman–Crippen MR) is 100 cm³/mol. The summed E-state index contributed by atoms with van der Waals surface area (Å²) in [4.78, 5) is 26.3. The van der Waals surface area contributed by atoms with Crippen molar-refractivity contribution < 1.29 is 9.59 Å². The molecule has 0 radical (unpaired) electrons. The molecule has 1 fully saturated rings. The number of carbonyl (C=O) groups is 2. The van der Waals surface area contributed by atoms with Crippen molar-refractivity contribution in [1.29, 1.82) is 0 Å². The molecule has 1 aliphatic rings. The van der Waals surface area contributed by atoms with Gasteiger partial charge in [0.05, 0.1) is 0 Å². The number of hydrogen-bond donors (Lipinski definition) is 2. The Bertz CT molecular complexity index is 580. The second-order valence-electron chi connectivity index (χ2n) is 7.89. The van der Waals surface area contributed by atoms with Gasteiger partial charge < -0.3 is 10.6 Å². The van der Waals surface area contributed by atoms with Crippen LogP contribution in [0, 0.1) is 5.41 Å². The Morgan fingerprint density at radius 3 is 2.56 bits per heavy atom. The van der Waals surface area contributed by atoms with Crippen LogP contribution in [0.5, 0.6) is 0 Å². The largest absolute Gasteiger partial charge is 0.355 e. The van der Waals surface area contributed by atoms with Crippen molar-refractivity contribution in [3.8, 4) is 0 Å². The highest BCUT2D eigenvalue weighted by molar-refractivity contribution is 5.82. The number of nitrogens with zero attached hydrogens (tertiary/aromatic N) is 1. The first-order valence-electron chi connectivity index (χ1n) is 9.14. The lowest BCUT2D eigenvalue weighted by Gasteiger charge is -2.24. The average molecular weight is 345 g/mol. The van der Waals surface area contributed by atoms with Gasteiger partial charge in [-0.15, -0.1) is 0 Å². The molecule has 1 saturated heterocycles. The Balaban J connectivity index is 1.72. The van der Waals surface area contributed by atoms with Crippen molar-refractivity contribution in [2.24, 2.45) is 5.41 Å². The number of benzene rings is 1. The number of nitrogens with one attached hydrogen (secondary N) is 2. The second kappa shape index (κ2) is 8.48. The Hall–Kier alpha value is -1.88. The fourth-order valence-electron chi connectivity index (χ4n) is 3.05. The van der Waals surface area contributed by atoms with E-state index in [2.05, 4.69) is 46.7 Å². The SMILES string of the molecule is C[C@@H](c1ccccc1)N1CC[C@H](NC(=O)CCNC(=O)C(C)(C)C)C1. The molecular weight excluding hydrogens is 314 g/mol. The molecule has 25 heavy (non-hydrogen) atoms. The molecule has 5 nitrogen and oxygen atoms in total. The molecule has 2 atom stereocenters. The van der Waals surface area contributed by atoms with Crippen LogP contribution in [0.2, 0.25) is 0 Å². The van der Waals surface area contributed by atoms with Crippen LogP contribution in [0.3, 0.4) is 0 Å². The summed E-state index contributed by atoms with van der Waals surface area (Å²) in [5, 5.41) is 5.91. The molecule has 2 N–H and O–H groups in total. The van der Waals surface area contributed by atoms with E-state index in [9.17, 15) is 9.59 Å². The van der Waals surface area contributed by atoms with Gasteiger partial charge >= 0.3 is 0 Å². The van der Waals surface area contributed by atoms with E-state index in [1.165, 1.54) is 5.56 Å². The van der Waals surface area contributed by atoms with Crippen LogP contribution < -0.4 is 10.6 Å². The van der Waals surface area contributed by atoms with Gasteiger partial charge in [0.15, 0.2) is 0 Å². The van der Waals surface area contributed by atoms with Crippen molar-refractivity contribution in [3.05, 3.63) is 35.9 Å². The molecule has 0 aromatic heterocycles. The molecule has 0 unspecified atom stereocenters. The van der Waals surface area contributed by atoms with Gasteiger partial charge in [-0.3, -0.25) is 14.5 Å². The Kier molecular flexibility index (Phi) is 6.59. The highest BCUT2D eigenvalue weighted by atomic mass is 16.2. The van der Waals surface area contributed by atoms with Crippen molar-refractivity contribution in [2.45, 2.75) is 52.6 Å². The summed E-state index contributed by atoms with van der Waals surface area (Å²) in [7, 11) is 0. The fraction of sp³-hybridized carbons (Fsp3) is 0.600. The number of rotatable bonds is 6. The van der Waals surface area contributed by atoms with E-state index < -0.39 is 5.41 Å². The third-order valence-electron chi connectivity index (χ3n) is 4.73. The summed E-state index contributed by atoms with van der Waals surface area (Å²) in [5.74, 6) is -0.0162. The summed E-state index contributed by atoms with van der Waals surface area (Å²) in [6, 6.07) is 11.0. The van der Waals surface area contributed by atoms with Gasteiger partial charge in [-0.05, 0) is 18.9 Å². The highest BCUT2D eigenvalue weighted by Gasteiger charge is 2.27. The predicted octanol–water partition coefficient (Wildman–Crippen LogP) is 2.49. The summed E-state index contributed by atoms with van der Waals surface area (Å²) < 4.78 is 0. The van der Waals surface area contributed by atoms with Gasteiger partial charge in [0.2, 0.25) is 11.8 Å². The molecule has 0 bridgehead atoms. The van der Waals surface area contributed by atoms with Gasteiger partial charge in [-0.2, -0.15) is 0 Å². The Morgan fingerprint density at radius 1 is 1.24 bits per heavy atom. The smallest absolute Gasteiger partial charge is 0.225 e. The van der Waals surface area contributed by atoms with Crippen LogP contribution >= 0.6 is 0 Å². The van der Waals surface area contributed by atoms with Crippen molar-refractivity contribution in [1.82, 2.24) is 15.5 Å². The maximum absolute atomic E-state index is 12.1. The lowest BCUT2D eigenvalue weighted by atomic mass is 9.96.